The molecule has 0 bridgehead atoms. The van der Waals surface area contributed by atoms with Gasteiger partial charge in [-0.3, -0.25) is 9.59 Å². The van der Waals surface area contributed by atoms with Crippen LogP contribution in [0, 0.1) is 5.92 Å². The van der Waals surface area contributed by atoms with Crippen LogP contribution >= 0.6 is 0 Å². The predicted molar refractivity (Wildman–Crippen MR) is 86.2 cm³/mol. The molecular formula is C19H20O3. The second-order valence-corrected chi connectivity index (χ2v) is 6.09. The summed E-state index contributed by atoms with van der Waals surface area (Å²) in [6.45, 7) is 0. The van der Waals surface area contributed by atoms with Gasteiger partial charge in [0, 0.05) is 11.5 Å². The number of rotatable bonds is 4. The van der Waals surface area contributed by atoms with E-state index < -0.39 is 5.97 Å². The summed E-state index contributed by atoms with van der Waals surface area (Å²) in [5.74, 6) is -0.503. The van der Waals surface area contributed by atoms with E-state index in [1.807, 2.05) is 36.4 Å². The molecule has 2 aromatic rings. The lowest BCUT2D eigenvalue weighted by Gasteiger charge is -2.21. The van der Waals surface area contributed by atoms with Crippen molar-refractivity contribution < 1.29 is 14.7 Å². The van der Waals surface area contributed by atoms with Gasteiger partial charge in [0.1, 0.15) is 0 Å². The lowest BCUT2D eigenvalue weighted by molar-refractivity contribution is -0.136. The molecule has 0 aromatic heterocycles. The van der Waals surface area contributed by atoms with Crippen LogP contribution in [0.4, 0.5) is 0 Å². The monoisotopic (exact) mass is 296 g/mol. The van der Waals surface area contributed by atoms with Crippen molar-refractivity contribution in [2.75, 3.05) is 0 Å². The van der Waals surface area contributed by atoms with Gasteiger partial charge in [0.15, 0.2) is 5.78 Å². The van der Waals surface area contributed by atoms with E-state index >= 15 is 0 Å². The lowest BCUT2D eigenvalue weighted by atomic mass is 9.82. The molecule has 0 unspecified atom stereocenters. The molecule has 1 N–H and O–H groups in total. The Morgan fingerprint density at radius 1 is 0.955 bits per heavy atom. The van der Waals surface area contributed by atoms with E-state index in [0.29, 0.717) is 0 Å². The molecule has 0 amide bonds. The number of Topliss-reactive ketones (excluding diaryl/α,β-unsaturated/α-hetero) is 1. The number of benzene rings is 2. The van der Waals surface area contributed by atoms with Crippen LogP contribution in [0.3, 0.4) is 0 Å². The van der Waals surface area contributed by atoms with Crippen LogP contribution in [0.15, 0.2) is 36.4 Å². The van der Waals surface area contributed by atoms with Crippen molar-refractivity contribution in [2.24, 2.45) is 5.92 Å². The maximum atomic E-state index is 12.8. The summed E-state index contributed by atoms with van der Waals surface area (Å²) in [5.41, 5.74) is 1.51. The van der Waals surface area contributed by atoms with E-state index in [2.05, 4.69) is 0 Å². The largest absolute Gasteiger partial charge is 0.481 e. The highest BCUT2D eigenvalue weighted by Gasteiger charge is 2.23. The Morgan fingerprint density at radius 2 is 1.64 bits per heavy atom. The average molecular weight is 296 g/mol. The Bertz CT molecular complexity index is 712. The number of hydrogen-bond acceptors (Lipinski definition) is 2. The third kappa shape index (κ3) is 2.89. The molecule has 0 heterocycles. The molecule has 0 radical (unpaired) electrons. The van der Waals surface area contributed by atoms with Crippen molar-refractivity contribution in [1.82, 2.24) is 0 Å². The molecule has 3 nitrogen and oxygen atoms in total. The average Bonchev–Trinajstić information content (AvgIpc) is 2.54. The van der Waals surface area contributed by atoms with Gasteiger partial charge in [-0.1, -0.05) is 55.7 Å². The molecule has 1 fully saturated rings. The highest BCUT2D eigenvalue weighted by atomic mass is 16.4. The molecule has 1 aliphatic carbocycles. The normalized spacial score (nSPS) is 15.8. The van der Waals surface area contributed by atoms with Crippen molar-refractivity contribution in [3.8, 4) is 0 Å². The molecule has 1 aliphatic rings. The number of carboxylic acids is 1. The fraction of sp³-hybridized carbons (Fsp3) is 0.368. The van der Waals surface area contributed by atoms with Gasteiger partial charge in [-0.25, -0.2) is 0 Å². The minimum absolute atomic E-state index is 0.0155. The quantitative estimate of drug-likeness (QED) is 0.859. The van der Waals surface area contributed by atoms with E-state index in [4.69, 9.17) is 5.11 Å². The SMILES string of the molecule is O=C(O)Cc1cccc2c(C(=O)C3CCCCC3)cccc12. The zero-order valence-corrected chi connectivity index (χ0v) is 12.5. The molecule has 114 valence electrons. The Balaban J connectivity index is 2.03. The Hall–Kier alpha value is -2.16. The third-order valence-electron chi connectivity index (χ3n) is 4.60. The Morgan fingerprint density at radius 3 is 2.36 bits per heavy atom. The minimum Gasteiger partial charge on any atom is -0.481 e. The molecule has 0 aliphatic heterocycles. The number of ketones is 1. The standard InChI is InChI=1S/C19H20O3/c20-18(21)12-14-8-4-10-16-15(14)9-5-11-17(16)19(22)13-6-2-1-3-7-13/h4-5,8-11,13H,1-3,6-7,12H2,(H,20,21). The molecule has 3 rings (SSSR count). The van der Waals surface area contributed by atoms with E-state index in [-0.39, 0.29) is 18.1 Å². The highest BCUT2D eigenvalue weighted by molar-refractivity contribution is 6.10. The van der Waals surface area contributed by atoms with Crippen molar-refractivity contribution >= 4 is 22.5 Å². The minimum atomic E-state index is -0.850. The van der Waals surface area contributed by atoms with Gasteiger partial charge < -0.3 is 5.11 Å². The topological polar surface area (TPSA) is 54.4 Å². The number of hydrogen-bond donors (Lipinski definition) is 1. The van der Waals surface area contributed by atoms with E-state index in [9.17, 15) is 9.59 Å². The molecule has 0 spiro atoms. The van der Waals surface area contributed by atoms with Gasteiger partial charge >= 0.3 is 5.97 Å². The summed E-state index contributed by atoms with van der Waals surface area (Å²) in [7, 11) is 0. The van der Waals surface area contributed by atoms with Crippen LogP contribution in [0.25, 0.3) is 10.8 Å². The summed E-state index contributed by atoms with van der Waals surface area (Å²) in [6.07, 6.45) is 5.42. The summed E-state index contributed by atoms with van der Waals surface area (Å²) >= 11 is 0. The third-order valence-corrected chi connectivity index (χ3v) is 4.60. The van der Waals surface area contributed by atoms with E-state index in [0.717, 1.165) is 47.6 Å². The van der Waals surface area contributed by atoms with Gasteiger partial charge in [-0.2, -0.15) is 0 Å². The second-order valence-electron chi connectivity index (χ2n) is 6.09. The van der Waals surface area contributed by atoms with Gasteiger partial charge in [0.05, 0.1) is 6.42 Å². The molecule has 3 heteroatoms. The van der Waals surface area contributed by atoms with Crippen molar-refractivity contribution in [1.29, 1.82) is 0 Å². The number of carbonyl (C=O) groups is 2. The maximum Gasteiger partial charge on any atom is 0.307 e. The summed E-state index contributed by atoms with van der Waals surface area (Å²) in [6, 6.07) is 11.2. The second kappa shape index (κ2) is 6.30. The maximum absolute atomic E-state index is 12.8. The number of fused-ring (bicyclic) bond motifs is 1. The lowest BCUT2D eigenvalue weighted by Crippen LogP contribution is -2.18. The summed E-state index contributed by atoms with van der Waals surface area (Å²) in [4.78, 5) is 23.8. The van der Waals surface area contributed by atoms with Crippen LogP contribution in [-0.2, 0) is 11.2 Å². The van der Waals surface area contributed by atoms with Gasteiger partial charge in [0.25, 0.3) is 0 Å². The van der Waals surface area contributed by atoms with Crippen molar-refractivity contribution in [3.05, 3.63) is 47.5 Å². The van der Waals surface area contributed by atoms with E-state index in [1.165, 1.54) is 6.42 Å². The van der Waals surface area contributed by atoms with Crippen LogP contribution in [0.2, 0.25) is 0 Å². The molecular weight excluding hydrogens is 276 g/mol. The Kier molecular flexibility index (Phi) is 4.23. The van der Waals surface area contributed by atoms with E-state index in [1.54, 1.807) is 0 Å². The Labute approximate surface area is 130 Å². The van der Waals surface area contributed by atoms with Gasteiger partial charge in [-0.15, -0.1) is 0 Å². The first-order chi connectivity index (χ1) is 10.7. The zero-order valence-electron chi connectivity index (χ0n) is 12.5. The van der Waals surface area contributed by atoms with Gasteiger partial charge in [0.2, 0.25) is 0 Å². The number of carbonyl (C=O) groups excluding carboxylic acids is 1. The molecule has 22 heavy (non-hydrogen) atoms. The van der Waals surface area contributed by atoms with Crippen LogP contribution in [-0.4, -0.2) is 16.9 Å². The molecule has 1 saturated carbocycles. The van der Waals surface area contributed by atoms with Crippen molar-refractivity contribution in [2.45, 2.75) is 38.5 Å². The summed E-state index contributed by atoms with van der Waals surface area (Å²) < 4.78 is 0. The number of aliphatic carboxylic acids is 1. The first kappa shape index (κ1) is 14.8. The van der Waals surface area contributed by atoms with Crippen LogP contribution in [0.1, 0.15) is 48.0 Å². The van der Waals surface area contributed by atoms with Crippen LogP contribution < -0.4 is 0 Å². The first-order valence-electron chi connectivity index (χ1n) is 7.93. The zero-order chi connectivity index (χ0) is 15.5. The summed E-state index contributed by atoms with van der Waals surface area (Å²) in [5, 5.41) is 10.8. The highest BCUT2D eigenvalue weighted by Crippen LogP contribution is 2.30. The first-order valence-corrected chi connectivity index (χ1v) is 7.93. The van der Waals surface area contributed by atoms with Gasteiger partial charge in [-0.05, 0) is 29.2 Å². The molecule has 0 saturated heterocycles. The molecule has 0 atom stereocenters. The smallest absolute Gasteiger partial charge is 0.307 e. The van der Waals surface area contributed by atoms with Crippen molar-refractivity contribution in [3.63, 3.8) is 0 Å². The predicted octanol–water partition coefficient (Wildman–Crippen LogP) is 4.23. The van der Waals surface area contributed by atoms with Crippen LogP contribution in [0.5, 0.6) is 0 Å². The molecule has 2 aromatic carbocycles. The fourth-order valence-electron chi connectivity index (χ4n) is 3.49. The number of carboxylic acid groups (broad SMARTS) is 1. The fourth-order valence-corrected chi connectivity index (χ4v) is 3.49.